The zero-order valence-corrected chi connectivity index (χ0v) is 20.8. The first kappa shape index (κ1) is 26.6. The van der Waals surface area contributed by atoms with Crippen LogP contribution >= 0.6 is 11.6 Å². The Hall–Kier alpha value is -3.41. The van der Waals surface area contributed by atoms with Crippen molar-refractivity contribution in [3.8, 4) is 11.6 Å². The summed E-state index contributed by atoms with van der Waals surface area (Å²) in [5, 5.41) is 5.30. The molecule has 0 spiro atoms. The van der Waals surface area contributed by atoms with Gasteiger partial charge in [0, 0.05) is 50.2 Å². The van der Waals surface area contributed by atoms with Crippen molar-refractivity contribution in [1.82, 2.24) is 19.8 Å². The molecule has 3 aromatic rings. The Morgan fingerprint density at radius 2 is 1.62 bits per heavy atom. The van der Waals surface area contributed by atoms with Crippen LogP contribution in [-0.2, 0) is 12.7 Å². The maximum atomic E-state index is 13.8. The van der Waals surface area contributed by atoms with E-state index in [9.17, 15) is 18.0 Å². The van der Waals surface area contributed by atoms with Crippen LogP contribution in [0.2, 0.25) is 5.15 Å². The molecule has 0 atom stereocenters. The number of likely N-dealkylation sites (N-methyl/N-ethyl adjacent to an activating group) is 1. The molecule has 8 nitrogen and oxygen atoms in total. The number of benzene rings is 2. The molecule has 0 bridgehead atoms. The largest absolute Gasteiger partial charge is 0.439 e. The van der Waals surface area contributed by atoms with Gasteiger partial charge in [-0.2, -0.15) is 13.2 Å². The highest BCUT2D eigenvalue weighted by Gasteiger charge is 2.34. The van der Waals surface area contributed by atoms with Crippen molar-refractivity contribution in [2.45, 2.75) is 19.6 Å². The summed E-state index contributed by atoms with van der Waals surface area (Å²) < 4.78 is 47.0. The van der Waals surface area contributed by atoms with E-state index in [1.54, 1.807) is 24.3 Å². The molecule has 2 aromatic carbocycles. The van der Waals surface area contributed by atoms with E-state index < -0.39 is 17.8 Å². The van der Waals surface area contributed by atoms with Gasteiger partial charge < -0.3 is 20.3 Å². The summed E-state index contributed by atoms with van der Waals surface area (Å²) in [4.78, 5) is 24.4. The lowest BCUT2D eigenvalue weighted by molar-refractivity contribution is -0.138. The Morgan fingerprint density at radius 3 is 2.27 bits per heavy atom. The lowest BCUT2D eigenvalue weighted by Gasteiger charge is -2.34. The summed E-state index contributed by atoms with van der Waals surface area (Å²) >= 11 is 5.81. The number of anilines is 2. The number of ether oxygens (including phenoxy) is 1. The normalized spacial score (nSPS) is 14.8. The minimum absolute atomic E-state index is 0.0463. The molecule has 12 heteroatoms. The Labute approximate surface area is 217 Å². The number of urea groups is 1. The first-order valence-electron chi connectivity index (χ1n) is 11.7. The first-order valence-corrected chi connectivity index (χ1v) is 12.1. The van der Waals surface area contributed by atoms with E-state index >= 15 is 0 Å². The summed E-state index contributed by atoms with van der Waals surface area (Å²) in [5.41, 5.74) is -0.104. The highest BCUT2D eigenvalue weighted by Crippen LogP contribution is 2.34. The fourth-order valence-electron chi connectivity index (χ4n) is 3.95. The Morgan fingerprint density at radius 1 is 0.973 bits per heavy atom. The number of nitrogens with zero attached hydrogens (tertiary/aromatic N) is 4. The molecule has 0 aliphatic carbocycles. The maximum absolute atomic E-state index is 13.8. The van der Waals surface area contributed by atoms with Gasteiger partial charge >= 0.3 is 12.2 Å². The molecule has 1 fully saturated rings. The second kappa shape index (κ2) is 11.8. The van der Waals surface area contributed by atoms with Gasteiger partial charge in [-0.1, -0.05) is 24.6 Å². The van der Waals surface area contributed by atoms with Gasteiger partial charge in [0.05, 0.1) is 5.56 Å². The predicted molar refractivity (Wildman–Crippen MR) is 135 cm³/mol. The zero-order chi connectivity index (χ0) is 26.4. The van der Waals surface area contributed by atoms with E-state index in [0.29, 0.717) is 24.5 Å². The van der Waals surface area contributed by atoms with Gasteiger partial charge in [-0.05, 0) is 48.5 Å². The predicted octanol–water partition coefficient (Wildman–Crippen LogP) is 5.72. The van der Waals surface area contributed by atoms with Gasteiger partial charge in [-0.25, -0.2) is 14.8 Å². The average Bonchev–Trinajstić information content (AvgIpc) is 2.86. The van der Waals surface area contributed by atoms with Crippen LogP contribution in [0, 0.1) is 0 Å². The number of nitrogens with one attached hydrogen (secondary N) is 2. The molecule has 0 unspecified atom stereocenters. The van der Waals surface area contributed by atoms with Gasteiger partial charge in [0.25, 0.3) is 0 Å². The Balaban J connectivity index is 1.37. The van der Waals surface area contributed by atoms with Gasteiger partial charge in [0.15, 0.2) is 0 Å². The molecule has 37 heavy (non-hydrogen) atoms. The van der Waals surface area contributed by atoms with Gasteiger partial charge in [-0.3, -0.25) is 4.90 Å². The number of hydrogen-bond donors (Lipinski definition) is 2. The van der Waals surface area contributed by atoms with Crippen LogP contribution in [-0.4, -0.2) is 58.5 Å². The van der Waals surface area contributed by atoms with E-state index in [1.807, 2.05) is 4.90 Å². The monoisotopic (exact) mass is 534 g/mol. The fourth-order valence-corrected chi connectivity index (χ4v) is 4.09. The summed E-state index contributed by atoms with van der Waals surface area (Å²) in [6.07, 6.45) is -3.28. The molecule has 1 saturated heterocycles. The van der Waals surface area contributed by atoms with Crippen molar-refractivity contribution >= 4 is 29.0 Å². The second-order valence-corrected chi connectivity index (χ2v) is 8.85. The van der Waals surface area contributed by atoms with Crippen LogP contribution in [0.5, 0.6) is 11.6 Å². The molecule has 2 N–H and O–H groups in total. The first-order chi connectivity index (χ1) is 17.7. The number of hydrogen-bond acceptors (Lipinski definition) is 6. The van der Waals surface area contributed by atoms with Crippen molar-refractivity contribution in [3.63, 3.8) is 0 Å². The Kier molecular flexibility index (Phi) is 8.47. The number of aromatic nitrogens is 2. The van der Waals surface area contributed by atoms with Crippen LogP contribution in [0.4, 0.5) is 29.3 Å². The number of carbonyl (C=O) groups is 1. The van der Waals surface area contributed by atoms with Crippen molar-refractivity contribution < 1.29 is 22.7 Å². The van der Waals surface area contributed by atoms with Crippen molar-refractivity contribution in [1.29, 1.82) is 0 Å². The van der Waals surface area contributed by atoms with Gasteiger partial charge in [0.1, 0.15) is 17.2 Å². The summed E-state index contributed by atoms with van der Waals surface area (Å²) in [6.45, 7) is 6.30. The minimum atomic E-state index is -4.54. The average molecular weight is 535 g/mol. The molecule has 1 aromatic heterocycles. The third-order valence-corrected chi connectivity index (χ3v) is 6.13. The van der Waals surface area contributed by atoms with Crippen LogP contribution in [0.25, 0.3) is 0 Å². The molecule has 1 aliphatic rings. The highest BCUT2D eigenvalue weighted by atomic mass is 35.5. The van der Waals surface area contributed by atoms with Crippen LogP contribution in [0.15, 0.2) is 54.9 Å². The van der Waals surface area contributed by atoms with Crippen LogP contribution in [0.1, 0.15) is 18.1 Å². The molecule has 2 amide bonds. The van der Waals surface area contributed by atoms with Crippen molar-refractivity contribution in [3.05, 3.63) is 71.1 Å². The van der Waals surface area contributed by atoms with E-state index in [0.717, 1.165) is 25.7 Å². The fraction of sp³-hybridized carbons (Fsp3) is 0.320. The van der Waals surface area contributed by atoms with E-state index in [1.165, 1.54) is 24.5 Å². The number of carbonyl (C=O) groups excluding carboxylic acids is 1. The number of amides is 2. The second-order valence-electron chi connectivity index (χ2n) is 8.46. The topological polar surface area (TPSA) is 82.6 Å². The molecule has 1 aliphatic heterocycles. The third-order valence-electron chi connectivity index (χ3n) is 5.92. The van der Waals surface area contributed by atoms with Gasteiger partial charge in [-0.15, -0.1) is 0 Å². The lowest BCUT2D eigenvalue weighted by Crippen LogP contribution is -2.45. The summed E-state index contributed by atoms with van der Waals surface area (Å²) in [5.74, 6) is 0.702. The SMILES string of the molecule is CCN1CCN(Cc2ccc(NC(=O)Nc3ccc(Oc4cc(Cl)ncn4)cc3)cc2C(F)(F)F)CC1. The number of rotatable bonds is 7. The van der Waals surface area contributed by atoms with E-state index in [2.05, 4.69) is 32.4 Å². The summed E-state index contributed by atoms with van der Waals surface area (Å²) in [7, 11) is 0. The lowest BCUT2D eigenvalue weighted by atomic mass is 10.0. The molecule has 0 saturated carbocycles. The Bertz CT molecular complexity index is 1220. The van der Waals surface area contributed by atoms with Crippen molar-refractivity contribution in [2.24, 2.45) is 0 Å². The number of piperazine rings is 1. The molecular weight excluding hydrogens is 509 g/mol. The molecular formula is C25H26ClF3N6O2. The van der Waals surface area contributed by atoms with Gasteiger partial charge in [0.2, 0.25) is 5.88 Å². The molecule has 4 rings (SSSR count). The van der Waals surface area contributed by atoms with Crippen molar-refractivity contribution in [2.75, 3.05) is 43.4 Å². The number of halogens is 4. The quantitative estimate of drug-likeness (QED) is 0.377. The highest BCUT2D eigenvalue weighted by molar-refractivity contribution is 6.29. The van der Waals surface area contributed by atoms with Crippen LogP contribution in [0.3, 0.4) is 0 Å². The number of alkyl halides is 3. The standard InChI is InChI=1S/C25H26ClF3N6O2/c1-2-34-9-11-35(12-10-34)15-17-3-4-19(13-21(17)25(27,28)29)33-24(36)32-18-5-7-20(8-6-18)37-23-14-22(26)30-16-31-23/h3-8,13-14,16H,2,9-12,15H2,1H3,(H2,32,33,36). The zero-order valence-electron chi connectivity index (χ0n) is 20.1. The maximum Gasteiger partial charge on any atom is 0.416 e. The van der Waals surface area contributed by atoms with E-state index in [-0.39, 0.29) is 28.8 Å². The van der Waals surface area contributed by atoms with Crippen LogP contribution < -0.4 is 15.4 Å². The summed E-state index contributed by atoms with van der Waals surface area (Å²) in [6, 6.07) is 11.0. The van der Waals surface area contributed by atoms with E-state index in [4.69, 9.17) is 16.3 Å². The molecule has 0 radical (unpaired) electrons. The molecule has 196 valence electrons. The minimum Gasteiger partial charge on any atom is -0.439 e. The third kappa shape index (κ3) is 7.54. The molecule has 2 heterocycles. The smallest absolute Gasteiger partial charge is 0.416 e.